The van der Waals surface area contributed by atoms with Gasteiger partial charge in [0.2, 0.25) is 0 Å². The predicted octanol–water partition coefficient (Wildman–Crippen LogP) is 2.52. The molecule has 0 N–H and O–H groups in total. The molecule has 102 valence electrons. The lowest BCUT2D eigenvalue weighted by Gasteiger charge is -2.19. The Bertz CT molecular complexity index is 545. The van der Waals surface area contributed by atoms with E-state index in [9.17, 15) is 14.9 Å². The lowest BCUT2D eigenvalue weighted by molar-refractivity contribution is -0.385. The minimum absolute atomic E-state index is 0.00250. The second-order valence-corrected chi connectivity index (χ2v) is 5.81. The van der Waals surface area contributed by atoms with E-state index in [1.807, 2.05) is 0 Å². The summed E-state index contributed by atoms with van der Waals surface area (Å²) in [5.74, 6) is -0.360. The number of carbonyl (C=O) groups excluding carboxylic acids is 1. The first-order valence-corrected chi connectivity index (χ1v) is 6.27. The van der Waals surface area contributed by atoms with Gasteiger partial charge in [-0.2, -0.15) is 0 Å². The quantitative estimate of drug-likeness (QED) is 0.475. The first-order valence-electron chi connectivity index (χ1n) is 5.89. The van der Waals surface area contributed by atoms with Crippen LogP contribution in [-0.2, 0) is 0 Å². The summed E-state index contributed by atoms with van der Waals surface area (Å²) in [6.07, 6.45) is 1.90. The van der Waals surface area contributed by atoms with Gasteiger partial charge in [0.05, 0.1) is 4.92 Å². The summed E-state index contributed by atoms with van der Waals surface area (Å²) < 4.78 is 0. The number of aromatic nitrogens is 1. The van der Waals surface area contributed by atoms with E-state index in [1.54, 1.807) is 4.90 Å². The van der Waals surface area contributed by atoms with Crippen LogP contribution in [0.3, 0.4) is 0 Å². The highest BCUT2D eigenvalue weighted by Crippen LogP contribution is 2.31. The molecule has 1 aromatic heterocycles. The third kappa shape index (κ3) is 2.84. The number of carbonyl (C=O) groups is 1. The van der Waals surface area contributed by atoms with Crippen molar-refractivity contribution in [2.45, 2.75) is 20.3 Å². The molecule has 1 amide bonds. The van der Waals surface area contributed by atoms with Crippen molar-refractivity contribution >= 4 is 23.2 Å². The molecule has 2 heterocycles. The summed E-state index contributed by atoms with van der Waals surface area (Å²) in [7, 11) is 0. The van der Waals surface area contributed by atoms with Gasteiger partial charge in [-0.25, -0.2) is 4.98 Å². The Morgan fingerprint density at radius 3 is 2.79 bits per heavy atom. The number of nitrogens with zero attached hydrogens (tertiary/aromatic N) is 3. The Hall–Kier alpha value is -1.69. The smallest absolute Gasteiger partial charge is 0.300 e. The number of pyridine rings is 1. The largest absolute Gasteiger partial charge is 0.338 e. The van der Waals surface area contributed by atoms with Gasteiger partial charge < -0.3 is 4.90 Å². The van der Waals surface area contributed by atoms with Crippen LogP contribution in [-0.4, -0.2) is 33.8 Å². The van der Waals surface area contributed by atoms with Crippen molar-refractivity contribution < 1.29 is 9.72 Å². The number of halogens is 1. The Labute approximate surface area is 115 Å². The van der Waals surface area contributed by atoms with Crippen LogP contribution in [0.1, 0.15) is 30.6 Å². The topological polar surface area (TPSA) is 76.3 Å². The van der Waals surface area contributed by atoms with E-state index in [2.05, 4.69) is 18.8 Å². The molecular weight excluding hydrogens is 270 g/mol. The lowest BCUT2D eigenvalue weighted by Crippen LogP contribution is -2.30. The average molecular weight is 284 g/mol. The molecule has 0 radical (unpaired) electrons. The molecular formula is C12H14ClN3O3. The molecule has 7 heteroatoms. The molecule has 1 fully saturated rings. The Morgan fingerprint density at radius 1 is 1.58 bits per heavy atom. The number of amides is 1. The summed E-state index contributed by atoms with van der Waals surface area (Å²) in [5.41, 5.74) is -0.261. The predicted molar refractivity (Wildman–Crippen MR) is 70.2 cm³/mol. The molecule has 0 saturated carbocycles. The first-order chi connectivity index (χ1) is 8.80. The van der Waals surface area contributed by atoms with E-state index in [0.29, 0.717) is 13.1 Å². The van der Waals surface area contributed by atoms with Gasteiger partial charge in [-0.1, -0.05) is 25.4 Å². The molecule has 6 nitrogen and oxygen atoms in total. The van der Waals surface area contributed by atoms with Crippen LogP contribution in [0.4, 0.5) is 5.69 Å². The van der Waals surface area contributed by atoms with Crippen molar-refractivity contribution in [3.05, 3.63) is 33.1 Å². The maximum absolute atomic E-state index is 12.3. The molecule has 19 heavy (non-hydrogen) atoms. The Kier molecular flexibility index (Phi) is 3.45. The second kappa shape index (κ2) is 4.77. The van der Waals surface area contributed by atoms with E-state index >= 15 is 0 Å². The highest BCUT2D eigenvalue weighted by molar-refractivity contribution is 6.29. The number of likely N-dealkylation sites (tertiary alicyclic amines) is 1. The van der Waals surface area contributed by atoms with E-state index in [0.717, 1.165) is 12.6 Å². The van der Waals surface area contributed by atoms with Gasteiger partial charge in [0.25, 0.3) is 11.6 Å². The maximum atomic E-state index is 12.3. The average Bonchev–Trinajstić information content (AvgIpc) is 2.68. The first kappa shape index (κ1) is 13.7. The maximum Gasteiger partial charge on any atom is 0.300 e. The van der Waals surface area contributed by atoms with E-state index in [4.69, 9.17) is 11.6 Å². The molecule has 1 saturated heterocycles. The number of hydrogen-bond donors (Lipinski definition) is 0. The summed E-state index contributed by atoms with van der Waals surface area (Å²) in [6, 6.07) is 1.26. The highest BCUT2D eigenvalue weighted by atomic mass is 35.5. The van der Waals surface area contributed by atoms with Crippen LogP contribution in [0.5, 0.6) is 0 Å². The van der Waals surface area contributed by atoms with Crippen LogP contribution in [0.15, 0.2) is 12.3 Å². The van der Waals surface area contributed by atoms with Crippen molar-refractivity contribution in [2.24, 2.45) is 5.41 Å². The lowest BCUT2D eigenvalue weighted by atomic mass is 9.93. The number of hydrogen-bond acceptors (Lipinski definition) is 4. The van der Waals surface area contributed by atoms with Crippen molar-refractivity contribution in [1.82, 2.24) is 9.88 Å². The summed E-state index contributed by atoms with van der Waals surface area (Å²) >= 11 is 5.72. The van der Waals surface area contributed by atoms with Gasteiger partial charge >= 0.3 is 0 Å². The zero-order valence-electron chi connectivity index (χ0n) is 10.7. The minimum atomic E-state index is -0.613. The number of rotatable bonds is 2. The molecule has 0 aliphatic carbocycles. The molecule has 0 aromatic carbocycles. The summed E-state index contributed by atoms with van der Waals surface area (Å²) in [4.78, 5) is 27.9. The summed E-state index contributed by atoms with van der Waals surface area (Å²) in [5, 5.41) is 11.0. The van der Waals surface area contributed by atoms with E-state index in [-0.39, 0.29) is 27.7 Å². The van der Waals surface area contributed by atoms with Crippen LogP contribution in [0.25, 0.3) is 0 Å². The zero-order valence-corrected chi connectivity index (χ0v) is 11.5. The molecule has 1 aliphatic heterocycles. The van der Waals surface area contributed by atoms with Gasteiger partial charge in [-0.05, 0) is 17.9 Å². The Morgan fingerprint density at radius 2 is 2.26 bits per heavy atom. The zero-order chi connectivity index (χ0) is 14.2. The molecule has 2 rings (SSSR count). The molecule has 1 aromatic rings. The fraction of sp³-hybridized carbons (Fsp3) is 0.500. The van der Waals surface area contributed by atoms with Crippen LogP contribution >= 0.6 is 11.6 Å². The molecule has 1 aliphatic rings. The SMILES string of the molecule is CC1(C)CCN(C(=O)c2cc(Cl)ncc2[N+](=O)[O-])C1. The van der Waals surface area contributed by atoms with Crippen molar-refractivity contribution in [1.29, 1.82) is 0 Å². The van der Waals surface area contributed by atoms with Crippen molar-refractivity contribution in [3.63, 3.8) is 0 Å². The fourth-order valence-corrected chi connectivity index (χ4v) is 2.35. The fourth-order valence-electron chi connectivity index (χ4n) is 2.20. The summed E-state index contributed by atoms with van der Waals surface area (Å²) in [6.45, 7) is 5.31. The van der Waals surface area contributed by atoms with Gasteiger partial charge in [0, 0.05) is 13.1 Å². The van der Waals surface area contributed by atoms with Gasteiger partial charge in [0.15, 0.2) is 0 Å². The van der Waals surface area contributed by atoms with E-state index < -0.39 is 4.92 Å². The third-order valence-electron chi connectivity index (χ3n) is 3.24. The molecule has 0 unspecified atom stereocenters. The van der Waals surface area contributed by atoms with Crippen LogP contribution in [0.2, 0.25) is 5.15 Å². The number of nitro groups is 1. The van der Waals surface area contributed by atoms with E-state index in [1.165, 1.54) is 6.07 Å². The van der Waals surface area contributed by atoms with Gasteiger partial charge in [-0.15, -0.1) is 0 Å². The molecule has 0 bridgehead atoms. The minimum Gasteiger partial charge on any atom is -0.338 e. The molecule has 0 spiro atoms. The normalized spacial score (nSPS) is 17.5. The van der Waals surface area contributed by atoms with Gasteiger partial charge in [0.1, 0.15) is 16.9 Å². The van der Waals surface area contributed by atoms with Gasteiger partial charge in [-0.3, -0.25) is 14.9 Å². The standard InChI is InChI=1S/C12H14ClN3O3/c1-12(2)3-4-15(7-12)11(17)8-5-10(13)14-6-9(8)16(18)19/h5-6H,3-4,7H2,1-2H3. The third-order valence-corrected chi connectivity index (χ3v) is 3.45. The second-order valence-electron chi connectivity index (χ2n) is 5.42. The highest BCUT2D eigenvalue weighted by Gasteiger charge is 2.34. The monoisotopic (exact) mass is 283 g/mol. The van der Waals surface area contributed by atoms with Crippen LogP contribution in [0, 0.1) is 15.5 Å². The molecule has 0 atom stereocenters. The Balaban J connectivity index is 2.34. The van der Waals surface area contributed by atoms with Crippen molar-refractivity contribution in [3.8, 4) is 0 Å². The van der Waals surface area contributed by atoms with Crippen LogP contribution < -0.4 is 0 Å². The van der Waals surface area contributed by atoms with Crippen molar-refractivity contribution in [2.75, 3.05) is 13.1 Å².